The van der Waals surface area contributed by atoms with Crippen LogP contribution in [0, 0.1) is 5.92 Å². The molecule has 96 valence electrons. The Morgan fingerprint density at radius 1 is 1.39 bits per heavy atom. The largest absolute Gasteiger partial charge is 0.491 e. The standard InChI is InChI=1S/C14H18N2O2/c17-14(10-4-3-7-15-8-10)16-12-9-18-13-6-2-1-5-11(12)13/h1-2,5-6,10,12,15H,3-4,7-9H2,(H,16,17). The molecule has 0 aliphatic carbocycles. The van der Waals surface area contributed by atoms with Crippen LogP contribution in [0.4, 0.5) is 0 Å². The second-order valence-corrected chi connectivity index (χ2v) is 4.95. The maximum Gasteiger partial charge on any atom is 0.224 e. The van der Waals surface area contributed by atoms with Crippen molar-refractivity contribution in [3.8, 4) is 5.75 Å². The van der Waals surface area contributed by atoms with E-state index in [1.54, 1.807) is 0 Å². The van der Waals surface area contributed by atoms with Crippen LogP contribution >= 0.6 is 0 Å². The first-order chi connectivity index (χ1) is 8.84. The number of carbonyl (C=O) groups excluding carboxylic acids is 1. The van der Waals surface area contributed by atoms with Gasteiger partial charge in [-0.2, -0.15) is 0 Å². The molecule has 2 atom stereocenters. The Morgan fingerprint density at radius 2 is 2.28 bits per heavy atom. The number of amides is 1. The summed E-state index contributed by atoms with van der Waals surface area (Å²) in [6.07, 6.45) is 2.06. The Morgan fingerprint density at radius 3 is 3.11 bits per heavy atom. The summed E-state index contributed by atoms with van der Waals surface area (Å²) in [6, 6.07) is 7.91. The maximum absolute atomic E-state index is 12.2. The molecule has 2 unspecified atom stereocenters. The molecule has 2 N–H and O–H groups in total. The number of hydrogen-bond donors (Lipinski definition) is 2. The van der Waals surface area contributed by atoms with Gasteiger partial charge in [0.05, 0.1) is 12.0 Å². The van der Waals surface area contributed by atoms with Crippen LogP contribution in [0.5, 0.6) is 5.75 Å². The summed E-state index contributed by atoms with van der Waals surface area (Å²) in [5.74, 6) is 1.14. The van der Waals surface area contributed by atoms with E-state index in [1.165, 1.54) is 0 Å². The van der Waals surface area contributed by atoms with Gasteiger partial charge in [-0.05, 0) is 25.5 Å². The monoisotopic (exact) mass is 246 g/mol. The van der Waals surface area contributed by atoms with Crippen LogP contribution in [-0.2, 0) is 4.79 Å². The average Bonchev–Trinajstić information content (AvgIpc) is 2.83. The highest BCUT2D eigenvalue weighted by Crippen LogP contribution is 2.31. The Labute approximate surface area is 107 Å². The fourth-order valence-electron chi connectivity index (χ4n) is 2.65. The third kappa shape index (κ3) is 2.20. The van der Waals surface area contributed by atoms with E-state index in [1.807, 2.05) is 24.3 Å². The summed E-state index contributed by atoms with van der Waals surface area (Å²) in [7, 11) is 0. The van der Waals surface area contributed by atoms with Crippen molar-refractivity contribution in [2.75, 3.05) is 19.7 Å². The van der Waals surface area contributed by atoms with Gasteiger partial charge in [-0.1, -0.05) is 18.2 Å². The van der Waals surface area contributed by atoms with Gasteiger partial charge in [-0.3, -0.25) is 4.79 Å². The first-order valence-corrected chi connectivity index (χ1v) is 6.57. The van der Waals surface area contributed by atoms with Crippen LogP contribution in [0.2, 0.25) is 0 Å². The van der Waals surface area contributed by atoms with E-state index in [4.69, 9.17) is 4.74 Å². The van der Waals surface area contributed by atoms with Crippen molar-refractivity contribution >= 4 is 5.91 Å². The smallest absolute Gasteiger partial charge is 0.224 e. The van der Waals surface area contributed by atoms with E-state index < -0.39 is 0 Å². The summed E-state index contributed by atoms with van der Waals surface area (Å²) in [5, 5.41) is 6.37. The first kappa shape index (κ1) is 11.5. The highest BCUT2D eigenvalue weighted by atomic mass is 16.5. The van der Waals surface area contributed by atoms with Crippen LogP contribution < -0.4 is 15.4 Å². The fraction of sp³-hybridized carbons (Fsp3) is 0.500. The summed E-state index contributed by atoms with van der Waals surface area (Å²) in [6.45, 7) is 2.37. The highest BCUT2D eigenvalue weighted by molar-refractivity contribution is 5.79. The molecular weight excluding hydrogens is 228 g/mol. The third-order valence-corrected chi connectivity index (χ3v) is 3.68. The summed E-state index contributed by atoms with van der Waals surface area (Å²) < 4.78 is 5.57. The van der Waals surface area contributed by atoms with Crippen LogP contribution in [0.1, 0.15) is 24.4 Å². The normalized spacial score (nSPS) is 26.2. The van der Waals surface area contributed by atoms with E-state index in [-0.39, 0.29) is 17.9 Å². The zero-order valence-electron chi connectivity index (χ0n) is 10.3. The summed E-state index contributed by atoms with van der Waals surface area (Å²) >= 11 is 0. The van der Waals surface area contributed by atoms with Gasteiger partial charge in [0.1, 0.15) is 12.4 Å². The quantitative estimate of drug-likeness (QED) is 0.825. The Bertz CT molecular complexity index is 441. The van der Waals surface area contributed by atoms with Crippen LogP contribution in [0.3, 0.4) is 0 Å². The van der Waals surface area contributed by atoms with Crippen LogP contribution in [-0.4, -0.2) is 25.6 Å². The SMILES string of the molecule is O=C(NC1COc2ccccc21)C1CCCNC1. The van der Waals surface area contributed by atoms with Gasteiger partial charge >= 0.3 is 0 Å². The zero-order valence-corrected chi connectivity index (χ0v) is 10.3. The van der Waals surface area contributed by atoms with Gasteiger partial charge in [0.2, 0.25) is 5.91 Å². The van der Waals surface area contributed by atoms with Gasteiger partial charge in [0, 0.05) is 12.1 Å². The molecule has 3 rings (SSSR count). The topological polar surface area (TPSA) is 50.4 Å². The van der Waals surface area contributed by atoms with E-state index in [0.29, 0.717) is 6.61 Å². The van der Waals surface area contributed by atoms with E-state index in [2.05, 4.69) is 10.6 Å². The third-order valence-electron chi connectivity index (χ3n) is 3.68. The predicted octanol–water partition coefficient (Wildman–Crippen LogP) is 1.24. The van der Waals surface area contributed by atoms with Crippen molar-refractivity contribution in [2.45, 2.75) is 18.9 Å². The van der Waals surface area contributed by atoms with Gasteiger partial charge in [-0.15, -0.1) is 0 Å². The summed E-state index contributed by atoms with van der Waals surface area (Å²) in [5.41, 5.74) is 1.09. The molecule has 0 aromatic heterocycles. The lowest BCUT2D eigenvalue weighted by Crippen LogP contribution is -2.42. The molecule has 1 saturated heterocycles. The minimum atomic E-state index is 0.00984. The number of rotatable bonds is 2. The fourth-order valence-corrected chi connectivity index (χ4v) is 2.65. The molecule has 2 aliphatic rings. The number of piperidine rings is 1. The predicted molar refractivity (Wildman–Crippen MR) is 68.4 cm³/mol. The zero-order chi connectivity index (χ0) is 12.4. The molecule has 0 saturated carbocycles. The number of carbonyl (C=O) groups is 1. The molecule has 1 aromatic rings. The molecule has 0 bridgehead atoms. The molecule has 1 fully saturated rings. The molecule has 18 heavy (non-hydrogen) atoms. The minimum Gasteiger partial charge on any atom is -0.491 e. The first-order valence-electron chi connectivity index (χ1n) is 6.57. The molecule has 1 aromatic carbocycles. The second-order valence-electron chi connectivity index (χ2n) is 4.95. The van der Waals surface area contributed by atoms with E-state index in [9.17, 15) is 4.79 Å². The Kier molecular flexibility index (Phi) is 3.19. The lowest BCUT2D eigenvalue weighted by molar-refractivity contribution is -0.126. The number of para-hydroxylation sites is 1. The van der Waals surface area contributed by atoms with Gasteiger partial charge < -0.3 is 15.4 Å². The molecule has 0 spiro atoms. The molecule has 4 heteroatoms. The number of nitrogens with one attached hydrogen (secondary N) is 2. The number of hydrogen-bond acceptors (Lipinski definition) is 3. The second kappa shape index (κ2) is 4.98. The maximum atomic E-state index is 12.2. The van der Waals surface area contributed by atoms with Crippen molar-refractivity contribution < 1.29 is 9.53 Å². The van der Waals surface area contributed by atoms with Gasteiger partial charge in [0.25, 0.3) is 0 Å². The molecular formula is C14H18N2O2. The molecule has 0 radical (unpaired) electrons. The molecule has 4 nitrogen and oxygen atoms in total. The van der Waals surface area contributed by atoms with Crippen molar-refractivity contribution in [2.24, 2.45) is 5.92 Å². The molecule has 2 aliphatic heterocycles. The van der Waals surface area contributed by atoms with Gasteiger partial charge in [-0.25, -0.2) is 0 Å². The van der Waals surface area contributed by atoms with Crippen molar-refractivity contribution in [3.05, 3.63) is 29.8 Å². The number of benzene rings is 1. The minimum absolute atomic E-state index is 0.00984. The average molecular weight is 246 g/mol. The van der Waals surface area contributed by atoms with Crippen molar-refractivity contribution in [1.82, 2.24) is 10.6 Å². The molecule has 2 heterocycles. The lowest BCUT2D eigenvalue weighted by Gasteiger charge is -2.23. The molecule has 1 amide bonds. The Balaban J connectivity index is 1.65. The van der Waals surface area contributed by atoms with Crippen LogP contribution in [0.15, 0.2) is 24.3 Å². The summed E-state index contributed by atoms with van der Waals surface area (Å²) in [4.78, 5) is 12.2. The lowest BCUT2D eigenvalue weighted by atomic mass is 9.98. The van der Waals surface area contributed by atoms with E-state index >= 15 is 0 Å². The highest BCUT2D eigenvalue weighted by Gasteiger charge is 2.28. The van der Waals surface area contributed by atoms with Crippen LogP contribution in [0.25, 0.3) is 0 Å². The number of ether oxygens (including phenoxy) is 1. The van der Waals surface area contributed by atoms with Crippen molar-refractivity contribution in [1.29, 1.82) is 0 Å². The van der Waals surface area contributed by atoms with Crippen molar-refractivity contribution in [3.63, 3.8) is 0 Å². The Hall–Kier alpha value is -1.55. The number of fused-ring (bicyclic) bond motifs is 1. The van der Waals surface area contributed by atoms with Gasteiger partial charge in [0.15, 0.2) is 0 Å². The van der Waals surface area contributed by atoms with E-state index in [0.717, 1.165) is 37.2 Å².